The van der Waals surface area contributed by atoms with Crippen LogP contribution in [-0.4, -0.2) is 17.7 Å². The number of phenolic OH excluding ortho intramolecular Hbond substituents is 1. The average molecular weight is 276 g/mol. The maximum Gasteiger partial charge on any atom is 0.330 e. The topological polar surface area (TPSA) is 46.5 Å². The fourth-order valence-electron chi connectivity index (χ4n) is 1.85. The molecule has 1 N–H and O–H groups in total. The Kier molecular flexibility index (Phi) is 8.20. The van der Waals surface area contributed by atoms with Crippen LogP contribution in [0, 0.1) is 0 Å². The molecule has 0 heterocycles. The van der Waals surface area contributed by atoms with Gasteiger partial charge in [0.15, 0.2) is 0 Å². The molecule has 1 rings (SSSR count). The Morgan fingerprint density at radius 2 is 1.75 bits per heavy atom. The van der Waals surface area contributed by atoms with Gasteiger partial charge in [-0.05, 0) is 30.2 Å². The van der Waals surface area contributed by atoms with E-state index in [0.717, 1.165) is 18.4 Å². The number of benzene rings is 1. The van der Waals surface area contributed by atoms with Crippen molar-refractivity contribution in [2.75, 3.05) is 6.61 Å². The zero-order valence-corrected chi connectivity index (χ0v) is 12.2. The number of phenols is 1. The van der Waals surface area contributed by atoms with E-state index in [0.29, 0.717) is 6.61 Å². The Morgan fingerprint density at radius 1 is 1.10 bits per heavy atom. The molecule has 0 fully saturated rings. The van der Waals surface area contributed by atoms with Crippen LogP contribution in [0.2, 0.25) is 0 Å². The Bertz CT molecular complexity index is 407. The summed E-state index contributed by atoms with van der Waals surface area (Å²) >= 11 is 0. The maximum absolute atomic E-state index is 11.5. The van der Waals surface area contributed by atoms with E-state index in [1.165, 1.54) is 31.8 Å². The third-order valence-electron chi connectivity index (χ3n) is 3.05. The van der Waals surface area contributed by atoms with E-state index >= 15 is 0 Å². The largest absolute Gasteiger partial charge is 0.508 e. The molecule has 0 unspecified atom stereocenters. The normalized spacial score (nSPS) is 10.8. The molecule has 3 nitrogen and oxygen atoms in total. The third-order valence-corrected chi connectivity index (χ3v) is 3.05. The number of ether oxygens (including phenoxy) is 1. The zero-order chi connectivity index (χ0) is 14.6. The first-order valence-electron chi connectivity index (χ1n) is 7.36. The molecule has 20 heavy (non-hydrogen) atoms. The van der Waals surface area contributed by atoms with Crippen molar-refractivity contribution in [3.8, 4) is 5.75 Å². The van der Waals surface area contributed by atoms with Gasteiger partial charge in [0, 0.05) is 6.08 Å². The average Bonchev–Trinajstić information content (AvgIpc) is 2.46. The molecule has 0 bridgehead atoms. The highest BCUT2D eigenvalue weighted by Crippen LogP contribution is 2.10. The minimum atomic E-state index is -0.313. The highest BCUT2D eigenvalue weighted by Gasteiger charge is 1.97. The molecule has 0 saturated carbocycles. The van der Waals surface area contributed by atoms with Crippen LogP contribution in [0.1, 0.15) is 51.0 Å². The van der Waals surface area contributed by atoms with E-state index in [2.05, 4.69) is 6.92 Å². The minimum absolute atomic E-state index is 0.216. The zero-order valence-electron chi connectivity index (χ0n) is 12.2. The van der Waals surface area contributed by atoms with Gasteiger partial charge in [-0.25, -0.2) is 4.79 Å². The van der Waals surface area contributed by atoms with E-state index in [9.17, 15) is 4.79 Å². The summed E-state index contributed by atoms with van der Waals surface area (Å²) in [6.45, 7) is 2.69. The summed E-state index contributed by atoms with van der Waals surface area (Å²) < 4.78 is 5.12. The van der Waals surface area contributed by atoms with Gasteiger partial charge in [-0.2, -0.15) is 0 Å². The molecular weight excluding hydrogens is 252 g/mol. The Balaban J connectivity index is 2.12. The van der Waals surface area contributed by atoms with E-state index in [4.69, 9.17) is 9.84 Å². The van der Waals surface area contributed by atoms with Crippen molar-refractivity contribution in [2.45, 2.75) is 45.4 Å². The van der Waals surface area contributed by atoms with Gasteiger partial charge in [-0.3, -0.25) is 0 Å². The van der Waals surface area contributed by atoms with Crippen molar-refractivity contribution in [1.82, 2.24) is 0 Å². The lowest BCUT2D eigenvalue weighted by Gasteiger charge is -2.02. The number of aromatic hydroxyl groups is 1. The first-order valence-corrected chi connectivity index (χ1v) is 7.36. The highest BCUT2D eigenvalue weighted by atomic mass is 16.5. The second kappa shape index (κ2) is 10.1. The molecule has 0 atom stereocenters. The van der Waals surface area contributed by atoms with Crippen LogP contribution in [0.5, 0.6) is 5.75 Å². The molecular formula is C17H24O3. The molecule has 0 saturated heterocycles. The minimum Gasteiger partial charge on any atom is -0.508 e. The Morgan fingerprint density at radius 3 is 2.45 bits per heavy atom. The van der Waals surface area contributed by atoms with Gasteiger partial charge in [0.1, 0.15) is 5.75 Å². The maximum atomic E-state index is 11.5. The van der Waals surface area contributed by atoms with Gasteiger partial charge >= 0.3 is 5.97 Å². The summed E-state index contributed by atoms with van der Waals surface area (Å²) in [6, 6.07) is 6.66. The summed E-state index contributed by atoms with van der Waals surface area (Å²) in [7, 11) is 0. The Hall–Kier alpha value is -1.77. The van der Waals surface area contributed by atoms with Gasteiger partial charge in [0.25, 0.3) is 0 Å². The summed E-state index contributed by atoms with van der Waals surface area (Å²) in [6.07, 6.45) is 10.2. The number of rotatable bonds is 9. The van der Waals surface area contributed by atoms with Crippen molar-refractivity contribution >= 4 is 12.0 Å². The highest BCUT2D eigenvalue weighted by molar-refractivity contribution is 5.87. The first kappa shape index (κ1) is 16.3. The number of esters is 1. The first-order chi connectivity index (χ1) is 9.72. The Labute approximate surface area is 121 Å². The molecule has 0 spiro atoms. The smallest absolute Gasteiger partial charge is 0.330 e. The molecule has 0 aromatic heterocycles. The fraction of sp³-hybridized carbons (Fsp3) is 0.471. The van der Waals surface area contributed by atoms with Crippen molar-refractivity contribution in [3.05, 3.63) is 35.9 Å². The molecule has 1 aromatic rings. The summed E-state index contributed by atoms with van der Waals surface area (Å²) in [4.78, 5) is 11.5. The SMILES string of the molecule is CCCCCCCCOC(=O)/C=C/c1ccc(O)cc1. The van der Waals surface area contributed by atoms with Crippen molar-refractivity contribution in [1.29, 1.82) is 0 Å². The molecule has 3 heteroatoms. The predicted octanol–water partition coefficient (Wildman–Crippen LogP) is 4.31. The third kappa shape index (κ3) is 7.62. The fourth-order valence-corrected chi connectivity index (χ4v) is 1.85. The summed E-state index contributed by atoms with van der Waals surface area (Å²) in [5.41, 5.74) is 0.860. The van der Waals surface area contributed by atoms with Crippen LogP contribution < -0.4 is 0 Å². The molecule has 0 aliphatic carbocycles. The molecule has 0 radical (unpaired) electrons. The lowest BCUT2D eigenvalue weighted by molar-refractivity contribution is -0.137. The monoisotopic (exact) mass is 276 g/mol. The lowest BCUT2D eigenvalue weighted by Crippen LogP contribution is -2.02. The number of hydrogen-bond donors (Lipinski definition) is 1. The van der Waals surface area contributed by atoms with Crippen LogP contribution in [0.15, 0.2) is 30.3 Å². The van der Waals surface area contributed by atoms with Crippen LogP contribution in [0.4, 0.5) is 0 Å². The van der Waals surface area contributed by atoms with Crippen molar-refractivity contribution in [3.63, 3.8) is 0 Å². The molecule has 0 aliphatic rings. The van der Waals surface area contributed by atoms with Crippen molar-refractivity contribution < 1.29 is 14.6 Å². The number of carbonyl (C=O) groups excluding carboxylic acids is 1. The molecule has 110 valence electrons. The molecule has 0 aliphatic heterocycles. The van der Waals surface area contributed by atoms with Crippen LogP contribution in [0.25, 0.3) is 6.08 Å². The second-order valence-electron chi connectivity index (χ2n) is 4.86. The van der Waals surface area contributed by atoms with Crippen LogP contribution >= 0.6 is 0 Å². The second-order valence-corrected chi connectivity index (χ2v) is 4.86. The van der Waals surface area contributed by atoms with E-state index in [-0.39, 0.29) is 11.7 Å². The number of unbranched alkanes of at least 4 members (excludes halogenated alkanes) is 5. The lowest BCUT2D eigenvalue weighted by atomic mass is 10.1. The van der Waals surface area contributed by atoms with Crippen molar-refractivity contribution in [2.24, 2.45) is 0 Å². The van der Waals surface area contributed by atoms with Gasteiger partial charge in [0.05, 0.1) is 6.61 Å². The van der Waals surface area contributed by atoms with E-state index in [1.54, 1.807) is 30.3 Å². The van der Waals surface area contributed by atoms with Crippen LogP contribution in [-0.2, 0) is 9.53 Å². The predicted molar refractivity (Wildman–Crippen MR) is 81.5 cm³/mol. The summed E-state index contributed by atoms with van der Waals surface area (Å²) in [5, 5.41) is 9.14. The number of hydrogen-bond acceptors (Lipinski definition) is 3. The van der Waals surface area contributed by atoms with E-state index in [1.807, 2.05) is 0 Å². The van der Waals surface area contributed by atoms with E-state index < -0.39 is 0 Å². The standard InChI is InChI=1S/C17H24O3/c1-2-3-4-5-6-7-14-20-17(19)13-10-15-8-11-16(18)12-9-15/h8-13,18H,2-7,14H2,1H3/b13-10+. The van der Waals surface area contributed by atoms with Crippen LogP contribution in [0.3, 0.4) is 0 Å². The summed E-state index contributed by atoms with van der Waals surface area (Å²) in [5.74, 6) is -0.0977. The van der Waals surface area contributed by atoms with Gasteiger partial charge < -0.3 is 9.84 Å². The number of carbonyl (C=O) groups is 1. The van der Waals surface area contributed by atoms with Gasteiger partial charge in [-0.15, -0.1) is 0 Å². The quantitative estimate of drug-likeness (QED) is 0.415. The van der Waals surface area contributed by atoms with Gasteiger partial charge in [0.2, 0.25) is 0 Å². The van der Waals surface area contributed by atoms with Gasteiger partial charge in [-0.1, -0.05) is 51.2 Å². The molecule has 0 amide bonds. The molecule has 1 aromatic carbocycles.